The van der Waals surface area contributed by atoms with Crippen LogP contribution in [-0.4, -0.2) is 29.4 Å². The van der Waals surface area contributed by atoms with Crippen molar-refractivity contribution in [2.75, 3.05) is 6.54 Å². The summed E-state index contributed by atoms with van der Waals surface area (Å²) in [4.78, 5) is 13.5. The Hall–Kier alpha value is -0.570. The van der Waals surface area contributed by atoms with Gasteiger partial charge in [0.05, 0.1) is 5.92 Å². The monoisotopic (exact) mass is 182 g/mol. The summed E-state index contributed by atoms with van der Waals surface area (Å²) in [5, 5.41) is 0. The van der Waals surface area contributed by atoms with E-state index < -0.39 is 0 Å². The second kappa shape index (κ2) is 3.29. The van der Waals surface area contributed by atoms with E-state index >= 15 is 0 Å². The lowest BCUT2D eigenvalue weighted by atomic mass is 9.93. The molecule has 3 nitrogen and oxygen atoms in total. The van der Waals surface area contributed by atoms with Crippen molar-refractivity contribution in [3.05, 3.63) is 0 Å². The quantitative estimate of drug-likeness (QED) is 0.684. The van der Waals surface area contributed by atoms with Crippen molar-refractivity contribution in [2.24, 2.45) is 11.7 Å². The van der Waals surface area contributed by atoms with Crippen LogP contribution in [0.15, 0.2) is 0 Å². The van der Waals surface area contributed by atoms with Gasteiger partial charge in [-0.3, -0.25) is 9.69 Å². The minimum atomic E-state index is -0.113. The fourth-order valence-corrected chi connectivity index (χ4v) is 2.28. The number of carbonyl (C=O) groups excluding carboxylic acids is 1. The number of amides is 1. The van der Waals surface area contributed by atoms with Crippen molar-refractivity contribution in [3.63, 3.8) is 0 Å². The number of piperidine rings is 1. The Balaban J connectivity index is 1.96. The van der Waals surface area contributed by atoms with Crippen molar-refractivity contribution < 1.29 is 4.79 Å². The van der Waals surface area contributed by atoms with Gasteiger partial charge in [0.1, 0.15) is 0 Å². The minimum Gasteiger partial charge on any atom is -0.369 e. The molecule has 0 radical (unpaired) electrons. The summed E-state index contributed by atoms with van der Waals surface area (Å²) in [6, 6.07) is 1.42. The van der Waals surface area contributed by atoms with Crippen LogP contribution >= 0.6 is 0 Å². The highest BCUT2D eigenvalue weighted by Crippen LogP contribution is 2.33. The molecule has 1 aliphatic heterocycles. The molecule has 0 aromatic heterocycles. The zero-order valence-corrected chi connectivity index (χ0v) is 8.20. The lowest BCUT2D eigenvalue weighted by Gasteiger charge is -2.36. The van der Waals surface area contributed by atoms with Gasteiger partial charge < -0.3 is 5.73 Å². The predicted octanol–water partition coefficient (Wildman–Crippen LogP) is 0.735. The summed E-state index contributed by atoms with van der Waals surface area (Å²) < 4.78 is 0. The molecule has 3 heteroatoms. The van der Waals surface area contributed by atoms with Gasteiger partial charge in [0.15, 0.2) is 0 Å². The fourth-order valence-electron chi connectivity index (χ4n) is 2.28. The molecule has 1 heterocycles. The lowest BCUT2D eigenvalue weighted by Crippen LogP contribution is -2.46. The van der Waals surface area contributed by atoms with Gasteiger partial charge in [0.25, 0.3) is 0 Å². The second-order valence-corrected chi connectivity index (χ2v) is 4.45. The molecule has 1 aliphatic carbocycles. The maximum absolute atomic E-state index is 11.0. The van der Waals surface area contributed by atoms with Gasteiger partial charge in [-0.1, -0.05) is 0 Å². The number of nitrogens with two attached hydrogens (primary N) is 1. The Bertz CT molecular complexity index is 213. The smallest absolute Gasteiger partial charge is 0.221 e. The third-order valence-electron chi connectivity index (χ3n) is 3.35. The van der Waals surface area contributed by atoms with Gasteiger partial charge in [-0.25, -0.2) is 0 Å². The van der Waals surface area contributed by atoms with E-state index in [9.17, 15) is 4.79 Å². The van der Waals surface area contributed by atoms with Crippen LogP contribution in [0, 0.1) is 5.92 Å². The van der Waals surface area contributed by atoms with Gasteiger partial charge >= 0.3 is 0 Å². The van der Waals surface area contributed by atoms with Crippen LogP contribution in [0.3, 0.4) is 0 Å². The van der Waals surface area contributed by atoms with E-state index in [-0.39, 0.29) is 11.8 Å². The molecular formula is C10H18N2O. The summed E-state index contributed by atoms with van der Waals surface area (Å²) in [7, 11) is 0. The Morgan fingerprint density at radius 1 is 1.31 bits per heavy atom. The maximum Gasteiger partial charge on any atom is 0.221 e. The van der Waals surface area contributed by atoms with Crippen LogP contribution in [0.5, 0.6) is 0 Å². The fraction of sp³-hybridized carbons (Fsp3) is 0.900. The summed E-state index contributed by atoms with van der Waals surface area (Å²) in [6.45, 7) is 3.16. The molecule has 1 saturated carbocycles. The molecule has 2 rings (SSSR count). The van der Waals surface area contributed by atoms with E-state index in [4.69, 9.17) is 5.73 Å². The molecule has 2 N–H and O–H groups in total. The lowest BCUT2D eigenvalue weighted by molar-refractivity contribution is -0.124. The number of hydrogen-bond acceptors (Lipinski definition) is 2. The standard InChI is InChI=1S/C10H18N2O/c1-7-2-3-8(10(11)13)6-12(7)9-4-5-9/h7-9H,2-6H2,1H3,(H2,11,13). The van der Waals surface area contributed by atoms with Gasteiger partial charge in [0.2, 0.25) is 5.91 Å². The average Bonchev–Trinajstić information content (AvgIpc) is 2.87. The molecule has 0 bridgehead atoms. The van der Waals surface area contributed by atoms with Gasteiger partial charge in [-0.05, 0) is 32.6 Å². The number of carbonyl (C=O) groups is 1. The first-order chi connectivity index (χ1) is 6.18. The predicted molar refractivity (Wildman–Crippen MR) is 51.1 cm³/mol. The normalized spacial score (nSPS) is 36.1. The van der Waals surface area contributed by atoms with Gasteiger partial charge in [0, 0.05) is 18.6 Å². The zero-order valence-electron chi connectivity index (χ0n) is 8.20. The zero-order chi connectivity index (χ0) is 9.42. The molecular weight excluding hydrogens is 164 g/mol. The highest BCUT2D eigenvalue weighted by molar-refractivity contribution is 5.77. The summed E-state index contributed by atoms with van der Waals surface area (Å²) in [5.41, 5.74) is 5.33. The van der Waals surface area contributed by atoms with Crippen LogP contribution in [0.25, 0.3) is 0 Å². The molecule has 13 heavy (non-hydrogen) atoms. The molecule has 1 amide bonds. The Morgan fingerprint density at radius 2 is 2.00 bits per heavy atom. The van der Waals surface area contributed by atoms with Crippen molar-refractivity contribution in [1.29, 1.82) is 0 Å². The molecule has 2 fully saturated rings. The number of primary amides is 1. The third kappa shape index (κ3) is 1.85. The van der Waals surface area contributed by atoms with Crippen LogP contribution in [0.2, 0.25) is 0 Å². The number of hydrogen-bond donors (Lipinski definition) is 1. The van der Waals surface area contributed by atoms with E-state index in [1.807, 2.05) is 0 Å². The SMILES string of the molecule is CC1CCC(C(N)=O)CN1C1CC1. The highest BCUT2D eigenvalue weighted by atomic mass is 16.1. The highest BCUT2D eigenvalue weighted by Gasteiger charge is 2.37. The van der Waals surface area contributed by atoms with Gasteiger partial charge in [-0.15, -0.1) is 0 Å². The maximum atomic E-state index is 11.0. The summed E-state index contributed by atoms with van der Waals surface area (Å²) in [6.07, 6.45) is 4.75. The molecule has 2 aliphatic rings. The van der Waals surface area contributed by atoms with Crippen LogP contribution in [0.4, 0.5) is 0 Å². The van der Waals surface area contributed by atoms with Crippen molar-refractivity contribution in [1.82, 2.24) is 4.90 Å². The third-order valence-corrected chi connectivity index (χ3v) is 3.35. The largest absolute Gasteiger partial charge is 0.369 e. The van der Waals surface area contributed by atoms with Crippen LogP contribution in [0.1, 0.15) is 32.6 Å². The van der Waals surface area contributed by atoms with Crippen LogP contribution < -0.4 is 5.73 Å². The molecule has 0 aromatic rings. The Labute approximate surface area is 79.3 Å². The van der Waals surface area contributed by atoms with Crippen molar-refractivity contribution >= 4 is 5.91 Å². The Kier molecular flexibility index (Phi) is 2.28. The molecule has 0 spiro atoms. The van der Waals surface area contributed by atoms with E-state index in [1.54, 1.807) is 0 Å². The van der Waals surface area contributed by atoms with Crippen molar-refractivity contribution in [2.45, 2.75) is 44.7 Å². The van der Waals surface area contributed by atoms with E-state index in [0.29, 0.717) is 6.04 Å². The van der Waals surface area contributed by atoms with E-state index in [1.165, 1.54) is 12.8 Å². The first-order valence-corrected chi connectivity index (χ1v) is 5.23. The number of nitrogens with zero attached hydrogens (tertiary/aromatic N) is 1. The first-order valence-electron chi connectivity index (χ1n) is 5.23. The summed E-state index contributed by atoms with van der Waals surface area (Å²) in [5.74, 6) is -0.00523. The number of likely N-dealkylation sites (tertiary alicyclic amines) is 1. The van der Waals surface area contributed by atoms with E-state index in [2.05, 4.69) is 11.8 Å². The Morgan fingerprint density at radius 3 is 2.54 bits per heavy atom. The van der Waals surface area contributed by atoms with Crippen LogP contribution in [-0.2, 0) is 4.79 Å². The minimum absolute atomic E-state index is 0.108. The number of rotatable bonds is 2. The first kappa shape index (κ1) is 9.00. The van der Waals surface area contributed by atoms with Gasteiger partial charge in [-0.2, -0.15) is 0 Å². The summed E-state index contributed by atoms with van der Waals surface area (Å²) >= 11 is 0. The molecule has 74 valence electrons. The molecule has 2 unspecified atom stereocenters. The molecule has 1 saturated heterocycles. The van der Waals surface area contributed by atoms with Crippen molar-refractivity contribution in [3.8, 4) is 0 Å². The average molecular weight is 182 g/mol. The molecule has 2 atom stereocenters. The molecule has 0 aromatic carbocycles. The topological polar surface area (TPSA) is 46.3 Å². The van der Waals surface area contributed by atoms with E-state index in [0.717, 1.165) is 25.4 Å². The second-order valence-electron chi connectivity index (χ2n) is 4.45.